The summed E-state index contributed by atoms with van der Waals surface area (Å²) >= 11 is 0. The van der Waals surface area contributed by atoms with Gasteiger partial charge in [-0.1, -0.05) is 30.3 Å². The van der Waals surface area contributed by atoms with Gasteiger partial charge in [0.1, 0.15) is 11.5 Å². The van der Waals surface area contributed by atoms with Crippen molar-refractivity contribution in [2.45, 2.75) is 6.54 Å². The summed E-state index contributed by atoms with van der Waals surface area (Å²) in [6.07, 6.45) is 0. The number of nitrogens with two attached hydrogens (primary N) is 1. The minimum atomic E-state index is -0.609. The molecule has 3 aromatic rings. The SMILES string of the molecule is NC(=O)CNC(=O)c1ccc(CNC(=O)c2ccc(Oc3ccccc3)cc2)cc1. The standard InChI is InChI=1S/C23H21N3O4/c24-21(27)15-26-23(29)17-8-6-16(7-9-17)14-25-22(28)18-10-12-20(13-11-18)30-19-4-2-1-3-5-19/h1-13H,14-15H2,(H2,24,27)(H,25,28)(H,26,29). The number of rotatable bonds is 8. The Labute approximate surface area is 173 Å². The molecule has 152 valence electrons. The first-order chi connectivity index (χ1) is 14.5. The molecule has 0 radical (unpaired) electrons. The molecular formula is C23H21N3O4. The first-order valence-corrected chi connectivity index (χ1v) is 9.28. The van der Waals surface area contributed by atoms with Crippen molar-refractivity contribution in [1.29, 1.82) is 0 Å². The summed E-state index contributed by atoms with van der Waals surface area (Å²) in [7, 11) is 0. The first kappa shape index (κ1) is 20.6. The van der Waals surface area contributed by atoms with Gasteiger partial charge in [0.2, 0.25) is 5.91 Å². The summed E-state index contributed by atoms with van der Waals surface area (Å²) in [6, 6.07) is 23.0. The van der Waals surface area contributed by atoms with E-state index in [1.165, 1.54) is 0 Å². The minimum Gasteiger partial charge on any atom is -0.457 e. The van der Waals surface area contributed by atoms with E-state index in [0.29, 0.717) is 23.4 Å². The van der Waals surface area contributed by atoms with E-state index in [1.54, 1.807) is 48.5 Å². The number of nitrogens with one attached hydrogen (secondary N) is 2. The molecule has 0 aliphatic rings. The van der Waals surface area contributed by atoms with Crippen molar-refractivity contribution < 1.29 is 19.1 Å². The predicted octanol–water partition coefficient (Wildman–Crippen LogP) is 2.62. The third kappa shape index (κ3) is 5.93. The summed E-state index contributed by atoms with van der Waals surface area (Å²) in [5.74, 6) is 0.151. The van der Waals surface area contributed by atoms with E-state index in [0.717, 1.165) is 11.3 Å². The van der Waals surface area contributed by atoms with Crippen LogP contribution in [0.25, 0.3) is 0 Å². The molecule has 0 heterocycles. The Kier molecular flexibility index (Phi) is 6.78. The molecule has 30 heavy (non-hydrogen) atoms. The Morgan fingerprint density at radius 3 is 1.83 bits per heavy atom. The molecule has 4 N–H and O–H groups in total. The minimum absolute atomic E-state index is 0.216. The number of ether oxygens (including phenoxy) is 1. The molecule has 7 nitrogen and oxygen atoms in total. The number of amides is 3. The Morgan fingerprint density at radius 1 is 0.700 bits per heavy atom. The molecule has 0 saturated carbocycles. The molecule has 0 bridgehead atoms. The van der Waals surface area contributed by atoms with E-state index in [9.17, 15) is 14.4 Å². The Balaban J connectivity index is 1.51. The van der Waals surface area contributed by atoms with Crippen LogP contribution in [0, 0.1) is 0 Å². The second kappa shape index (κ2) is 9.88. The molecule has 0 aromatic heterocycles. The van der Waals surface area contributed by atoms with Crippen LogP contribution < -0.4 is 21.1 Å². The molecule has 3 aromatic carbocycles. The number of carbonyl (C=O) groups is 3. The van der Waals surface area contributed by atoms with Crippen LogP contribution in [-0.2, 0) is 11.3 Å². The second-order valence-electron chi connectivity index (χ2n) is 6.47. The maximum Gasteiger partial charge on any atom is 0.251 e. The van der Waals surface area contributed by atoms with E-state index < -0.39 is 5.91 Å². The van der Waals surface area contributed by atoms with Gasteiger partial charge in [0.25, 0.3) is 11.8 Å². The van der Waals surface area contributed by atoms with E-state index in [-0.39, 0.29) is 18.4 Å². The number of primary amides is 1. The summed E-state index contributed by atoms with van der Waals surface area (Å²) in [5.41, 5.74) is 6.75. The fourth-order valence-electron chi connectivity index (χ4n) is 2.63. The topological polar surface area (TPSA) is 111 Å². The third-order valence-corrected chi connectivity index (χ3v) is 4.19. The molecular weight excluding hydrogens is 382 g/mol. The highest BCUT2D eigenvalue weighted by Gasteiger charge is 2.08. The first-order valence-electron chi connectivity index (χ1n) is 9.28. The average Bonchev–Trinajstić information content (AvgIpc) is 2.77. The highest BCUT2D eigenvalue weighted by Crippen LogP contribution is 2.21. The number of benzene rings is 3. The van der Waals surface area contributed by atoms with Gasteiger partial charge >= 0.3 is 0 Å². The van der Waals surface area contributed by atoms with Gasteiger partial charge in [-0.2, -0.15) is 0 Å². The van der Waals surface area contributed by atoms with Crippen LogP contribution in [0.4, 0.5) is 0 Å². The predicted molar refractivity (Wildman–Crippen MR) is 112 cm³/mol. The Hall–Kier alpha value is -4.13. The molecule has 3 rings (SSSR count). The number of carbonyl (C=O) groups excluding carboxylic acids is 3. The van der Waals surface area contributed by atoms with Crippen LogP contribution in [0.2, 0.25) is 0 Å². The van der Waals surface area contributed by atoms with Gasteiger partial charge in [-0.05, 0) is 54.1 Å². The highest BCUT2D eigenvalue weighted by atomic mass is 16.5. The monoisotopic (exact) mass is 403 g/mol. The van der Waals surface area contributed by atoms with Gasteiger partial charge in [0, 0.05) is 17.7 Å². The van der Waals surface area contributed by atoms with E-state index in [4.69, 9.17) is 10.5 Å². The lowest BCUT2D eigenvalue weighted by Gasteiger charge is -2.08. The van der Waals surface area contributed by atoms with Crippen LogP contribution in [-0.4, -0.2) is 24.3 Å². The normalized spacial score (nSPS) is 10.1. The molecule has 0 unspecified atom stereocenters. The van der Waals surface area contributed by atoms with Crippen LogP contribution in [0.15, 0.2) is 78.9 Å². The zero-order valence-electron chi connectivity index (χ0n) is 16.1. The number of hydrogen-bond donors (Lipinski definition) is 3. The summed E-state index contributed by atoms with van der Waals surface area (Å²) < 4.78 is 5.71. The molecule has 0 aliphatic heterocycles. The van der Waals surface area contributed by atoms with Gasteiger partial charge in [-0.25, -0.2) is 0 Å². The molecule has 7 heteroatoms. The lowest BCUT2D eigenvalue weighted by atomic mass is 10.1. The summed E-state index contributed by atoms with van der Waals surface area (Å²) in [5, 5.41) is 5.25. The zero-order valence-corrected chi connectivity index (χ0v) is 16.1. The largest absolute Gasteiger partial charge is 0.457 e. The quantitative estimate of drug-likeness (QED) is 0.537. The highest BCUT2D eigenvalue weighted by molar-refractivity contribution is 5.96. The molecule has 0 saturated heterocycles. The maximum atomic E-state index is 12.4. The van der Waals surface area contributed by atoms with Gasteiger partial charge in [0.15, 0.2) is 0 Å². The van der Waals surface area contributed by atoms with Crippen LogP contribution >= 0.6 is 0 Å². The Morgan fingerprint density at radius 2 is 1.23 bits per heavy atom. The van der Waals surface area contributed by atoms with Gasteiger partial charge in [0.05, 0.1) is 6.54 Å². The fourth-order valence-corrected chi connectivity index (χ4v) is 2.63. The van der Waals surface area contributed by atoms with Crippen molar-refractivity contribution in [1.82, 2.24) is 10.6 Å². The van der Waals surface area contributed by atoms with Crippen LogP contribution in [0.1, 0.15) is 26.3 Å². The van der Waals surface area contributed by atoms with Crippen molar-refractivity contribution in [3.05, 3.63) is 95.6 Å². The molecule has 0 atom stereocenters. The lowest BCUT2D eigenvalue weighted by molar-refractivity contribution is -0.117. The van der Waals surface area contributed by atoms with Gasteiger partial charge in [-0.15, -0.1) is 0 Å². The third-order valence-electron chi connectivity index (χ3n) is 4.19. The Bertz CT molecular complexity index is 1020. The smallest absolute Gasteiger partial charge is 0.251 e. The molecule has 3 amide bonds. The molecule has 0 spiro atoms. The van der Waals surface area contributed by atoms with Gasteiger partial charge < -0.3 is 21.1 Å². The van der Waals surface area contributed by atoms with Gasteiger partial charge in [-0.3, -0.25) is 14.4 Å². The van der Waals surface area contributed by atoms with Crippen molar-refractivity contribution >= 4 is 17.7 Å². The average molecular weight is 403 g/mol. The van der Waals surface area contributed by atoms with Crippen molar-refractivity contribution in [2.75, 3.05) is 6.54 Å². The van der Waals surface area contributed by atoms with Crippen molar-refractivity contribution in [3.63, 3.8) is 0 Å². The molecule has 0 fully saturated rings. The second-order valence-corrected chi connectivity index (χ2v) is 6.47. The number of para-hydroxylation sites is 1. The van der Waals surface area contributed by atoms with E-state index >= 15 is 0 Å². The van der Waals surface area contributed by atoms with E-state index in [1.807, 2.05) is 30.3 Å². The summed E-state index contributed by atoms with van der Waals surface area (Å²) in [4.78, 5) is 34.9. The van der Waals surface area contributed by atoms with Crippen LogP contribution in [0.5, 0.6) is 11.5 Å². The van der Waals surface area contributed by atoms with Crippen LogP contribution in [0.3, 0.4) is 0 Å². The van der Waals surface area contributed by atoms with E-state index in [2.05, 4.69) is 10.6 Å². The maximum absolute atomic E-state index is 12.4. The van der Waals surface area contributed by atoms with Crippen molar-refractivity contribution in [2.24, 2.45) is 5.73 Å². The fraction of sp³-hybridized carbons (Fsp3) is 0.0870. The zero-order chi connectivity index (χ0) is 21.3. The molecule has 0 aliphatic carbocycles. The number of hydrogen-bond acceptors (Lipinski definition) is 4. The summed E-state index contributed by atoms with van der Waals surface area (Å²) in [6.45, 7) is 0.0934. The lowest BCUT2D eigenvalue weighted by Crippen LogP contribution is -2.33. The van der Waals surface area contributed by atoms with Crippen molar-refractivity contribution in [3.8, 4) is 11.5 Å².